The molecule has 0 N–H and O–H groups in total. The van der Waals surface area contributed by atoms with Crippen molar-refractivity contribution >= 4 is 50.3 Å². The normalized spacial score (nSPS) is 11.2. The van der Waals surface area contributed by atoms with Gasteiger partial charge >= 0.3 is 0 Å². The van der Waals surface area contributed by atoms with Crippen molar-refractivity contribution in [3.8, 4) is 5.69 Å². The van der Waals surface area contributed by atoms with Gasteiger partial charge in [-0.15, -0.1) is 11.6 Å². The number of pyridine rings is 1. The first-order chi connectivity index (χ1) is 10.1. The SMILES string of the molecule is Fc1ccc(-n2c(CCCl)nc3cc(Br)cnc32)c(Cl)c1. The zero-order valence-corrected chi connectivity index (χ0v) is 13.8. The molecule has 0 amide bonds. The summed E-state index contributed by atoms with van der Waals surface area (Å²) in [5.74, 6) is 0.769. The van der Waals surface area contributed by atoms with E-state index in [1.54, 1.807) is 12.3 Å². The molecule has 3 aromatic rings. The van der Waals surface area contributed by atoms with Crippen molar-refractivity contribution in [1.82, 2.24) is 14.5 Å². The summed E-state index contributed by atoms with van der Waals surface area (Å²) in [5, 5.41) is 0.301. The largest absolute Gasteiger partial charge is 0.279 e. The fraction of sp³-hybridized carbons (Fsp3) is 0.143. The number of imidazole rings is 1. The van der Waals surface area contributed by atoms with E-state index >= 15 is 0 Å². The number of benzene rings is 1. The maximum atomic E-state index is 13.3. The van der Waals surface area contributed by atoms with Crippen LogP contribution in [0, 0.1) is 5.82 Å². The Morgan fingerprint density at radius 1 is 1.29 bits per heavy atom. The van der Waals surface area contributed by atoms with E-state index < -0.39 is 0 Å². The number of alkyl halides is 1. The van der Waals surface area contributed by atoms with Crippen molar-refractivity contribution < 1.29 is 4.39 Å². The molecule has 2 aromatic heterocycles. The van der Waals surface area contributed by atoms with E-state index in [0.29, 0.717) is 28.7 Å². The van der Waals surface area contributed by atoms with Crippen LogP contribution in [0.1, 0.15) is 5.82 Å². The Kier molecular flexibility index (Phi) is 4.15. The topological polar surface area (TPSA) is 30.7 Å². The van der Waals surface area contributed by atoms with Crippen LogP contribution in [0.4, 0.5) is 4.39 Å². The number of nitrogens with zero attached hydrogens (tertiary/aromatic N) is 3. The highest BCUT2D eigenvalue weighted by atomic mass is 79.9. The van der Waals surface area contributed by atoms with Gasteiger partial charge in [-0.2, -0.15) is 0 Å². The molecular weight excluding hydrogens is 380 g/mol. The zero-order chi connectivity index (χ0) is 15.0. The molecule has 0 spiro atoms. The molecule has 0 radical (unpaired) electrons. The molecule has 1 aromatic carbocycles. The van der Waals surface area contributed by atoms with E-state index in [4.69, 9.17) is 23.2 Å². The van der Waals surface area contributed by atoms with Crippen LogP contribution in [0.2, 0.25) is 5.02 Å². The quantitative estimate of drug-likeness (QED) is 0.605. The maximum Gasteiger partial charge on any atom is 0.164 e. The first kappa shape index (κ1) is 14.8. The lowest BCUT2D eigenvalue weighted by Gasteiger charge is -2.10. The van der Waals surface area contributed by atoms with Gasteiger partial charge in [0.1, 0.15) is 17.2 Å². The third kappa shape index (κ3) is 2.78. The second-order valence-corrected chi connectivity index (χ2v) is 6.10. The van der Waals surface area contributed by atoms with Gasteiger partial charge in [-0.05, 0) is 40.2 Å². The van der Waals surface area contributed by atoms with E-state index in [1.807, 2.05) is 10.6 Å². The molecule has 0 unspecified atom stereocenters. The summed E-state index contributed by atoms with van der Waals surface area (Å²) in [7, 11) is 0. The third-order valence-corrected chi connectivity index (χ3v) is 3.93. The van der Waals surface area contributed by atoms with Gasteiger partial charge in [0.2, 0.25) is 0 Å². The van der Waals surface area contributed by atoms with Crippen molar-refractivity contribution in [3.05, 3.63) is 51.6 Å². The summed E-state index contributed by atoms with van der Waals surface area (Å²) in [6, 6.07) is 6.11. The number of hydrogen-bond donors (Lipinski definition) is 0. The number of aryl methyl sites for hydroxylation is 1. The molecule has 0 bridgehead atoms. The van der Waals surface area contributed by atoms with Gasteiger partial charge in [0.15, 0.2) is 5.65 Å². The van der Waals surface area contributed by atoms with Crippen LogP contribution in [0.25, 0.3) is 16.9 Å². The molecule has 108 valence electrons. The molecule has 0 fully saturated rings. The molecule has 3 rings (SSSR count). The molecule has 0 aliphatic heterocycles. The van der Waals surface area contributed by atoms with Gasteiger partial charge in [0, 0.05) is 23.0 Å². The zero-order valence-electron chi connectivity index (χ0n) is 10.7. The van der Waals surface area contributed by atoms with E-state index in [0.717, 1.165) is 15.8 Å². The maximum absolute atomic E-state index is 13.3. The van der Waals surface area contributed by atoms with E-state index in [-0.39, 0.29) is 5.82 Å². The number of fused-ring (bicyclic) bond motifs is 1. The molecular formula is C14H9BrCl2FN3. The van der Waals surface area contributed by atoms with Crippen molar-refractivity contribution in [2.24, 2.45) is 0 Å². The number of hydrogen-bond acceptors (Lipinski definition) is 2. The third-order valence-electron chi connectivity index (χ3n) is 3.00. The molecule has 0 atom stereocenters. The van der Waals surface area contributed by atoms with Gasteiger partial charge in [-0.1, -0.05) is 11.6 Å². The summed E-state index contributed by atoms with van der Waals surface area (Å²) in [5.41, 5.74) is 2.02. The lowest BCUT2D eigenvalue weighted by molar-refractivity contribution is 0.627. The predicted molar refractivity (Wildman–Crippen MR) is 86.0 cm³/mol. The Bertz CT molecular complexity index is 819. The van der Waals surface area contributed by atoms with Crippen LogP contribution < -0.4 is 0 Å². The molecule has 21 heavy (non-hydrogen) atoms. The minimum absolute atomic E-state index is 0.301. The molecule has 0 aliphatic rings. The van der Waals surface area contributed by atoms with Gasteiger partial charge in [0.05, 0.1) is 10.7 Å². The molecule has 7 heteroatoms. The summed E-state index contributed by atoms with van der Waals surface area (Å²) < 4.78 is 15.9. The number of rotatable bonds is 3. The highest BCUT2D eigenvalue weighted by molar-refractivity contribution is 9.10. The Balaban J connectivity index is 2.30. The van der Waals surface area contributed by atoms with Crippen molar-refractivity contribution in [2.75, 3.05) is 5.88 Å². The highest BCUT2D eigenvalue weighted by Crippen LogP contribution is 2.28. The minimum Gasteiger partial charge on any atom is -0.279 e. The minimum atomic E-state index is -0.386. The summed E-state index contributed by atoms with van der Waals surface area (Å²) >= 11 is 15.4. The molecule has 0 aliphatic carbocycles. The molecule has 0 saturated carbocycles. The average Bonchev–Trinajstić information content (AvgIpc) is 2.76. The molecule has 3 nitrogen and oxygen atoms in total. The van der Waals surface area contributed by atoms with E-state index in [2.05, 4.69) is 25.9 Å². The Morgan fingerprint density at radius 3 is 2.81 bits per heavy atom. The standard InChI is InChI=1S/C14H9BrCl2FN3/c15-8-5-11-14(19-7-8)21(13(20-11)3-4-16)12-2-1-9(18)6-10(12)17/h1-2,5-7H,3-4H2. The first-order valence-corrected chi connectivity index (χ1v) is 7.85. The highest BCUT2D eigenvalue weighted by Gasteiger charge is 2.16. The Hall–Kier alpha value is -1.17. The van der Waals surface area contributed by atoms with Crippen molar-refractivity contribution in [3.63, 3.8) is 0 Å². The van der Waals surface area contributed by atoms with Crippen LogP contribution >= 0.6 is 39.1 Å². The second-order valence-electron chi connectivity index (χ2n) is 4.39. The summed E-state index contributed by atoms with van der Waals surface area (Å²) in [6.07, 6.45) is 2.24. The summed E-state index contributed by atoms with van der Waals surface area (Å²) in [6.45, 7) is 0. The Labute approximate surface area is 138 Å². The van der Waals surface area contributed by atoms with E-state index in [1.165, 1.54) is 12.1 Å². The van der Waals surface area contributed by atoms with Crippen LogP contribution in [0.5, 0.6) is 0 Å². The summed E-state index contributed by atoms with van der Waals surface area (Å²) in [4.78, 5) is 8.92. The lowest BCUT2D eigenvalue weighted by atomic mass is 10.3. The van der Waals surface area contributed by atoms with Crippen LogP contribution in [-0.2, 0) is 6.42 Å². The van der Waals surface area contributed by atoms with Gasteiger partial charge in [0.25, 0.3) is 0 Å². The fourth-order valence-corrected chi connectivity index (χ4v) is 2.90. The van der Waals surface area contributed by atoms with Crippen molar-refractivity contribution in [1.29, 1.82) is 0 Å². The van der Waals surface area contributed by atoms with Crippen LogP contribution in [-0.4, -0.2) is 20.4 Å². The lowest BCUT2D eigenvalue weighted by Crippen LogP contribution is -2.04. The molecule has 0 saturated heterocycles. The average molecular weight is 389 g/mol. The van der Waals surface area contributed by atoms with Crippen LogP contribution in [0.3, 0.4) is 0 Å². The first-order valence-electron chi connectivity index (χ1n) is 6.14. The predicted octanol–water partition coefficient (Wildman–Crippen LogP) is 4.76. The number of aromatic nitrogens is 3. The molecule has 2 heterocycles. The fourth-order valence-electron chi connectivity index (χ4n) is 2.16. The van der Waals surface area contributed by atoms with Crippen LogP contribution in [0.15, 0.2) is 34.9 Å². The van der Waals surface area contributed by atoms with Gasteiger partial charge in [-0.3, -0.25) is 4.57 Å². The monoisotopic (exact) mass is 387 g/mol. The Morgan fingerprint density at radius 2 is 2.10 bits per heavy atom. The number of halogens is 4. The smallest absolute Gasteiger partial charge is 0.164 e. The van der Waals surface area contributed by atoms with E-state index in [9.17, 15) is 4.39 Å². The van der Waals surface area contributed by atoms with Gasteiger partial charge in [-0.25, -0.2) is 14.4 Å². The second kappa shape index (κ2) is 5.91. The van der Waals surface area contributed by atoms with Crippen molar-refractivity contribution in [2.45, 2.75) is 6.42 Å². The van der Waals surface area contributed by atoms with Gasteiger partial charge < -0.3 is 0 Å².